The van der Waals surface area contributed by atoms with E-state index in [0.717, 1.165) is 30.3 Å². The third-order valence-electron chi connectivity index (χ3n) is 1.88. The maximum atomic E-state index is 9.35. The number of hydrogen-bond acceptors (Lipinski definition) is 2. The SMILES string of the molecule is CCCCC(O)OCC[N+](C)(C)C. The Bertz CT molecular complexity index is 121. The van der Waals surface area contributed by atoms with Gasteiger partial charge in [0.1, 0.15) is 6.54 Å². The zero-order valence-corrected chi connectivity index (χ0v) is 9.42. The van der Waals surface area contributed by atoms with Crippen molar-refractivity contribution in [1.29, 1.82) is 0 Å². The Morgan fingerprint density at radius 1 is 1.31 bits per heavy atom. The Kier molecular flexibility index (Phi) is 6.29. The Hall–Kier alpha value is -0.120. The number of ether oxygens (including phenoxy) is 1. The van der Waals surface area contributed by atoms with Gasteiger partial charge in [-0.3, -0.25) is 0 Å². The topological polar surface area (TPSA) is 29.5 Å². The number of nitrogens with zero attached hydrogens (tertiary/aromatic N) is 1. The van der Waals surface area contributed by atoms with Crippen molar-refractivity contribution in [3.63, 3.8) is 0 Å². The molecule has 0 aliphatic rings. The van der Waals surface area contributed by atoms with Crippen LogP contribution in [-0.4, -0.2) is 50.2 Å². The fourth-order valence-electron chi connectivity index (χ4n) is 0.925. The second kappa shape index (κ2) is 6.35. The zero-order valence-electron chi connectivity index (χ0n) is 9.42. The highest BCUT2D eigenvalue weighted by atomic mass is 16.6. The van der Waals surface area contributed by atoms with Crippen LogP contribution in [-0.2, 0) is 4.74 Å². The van der Waals surface area contributed by atoms with Gasteiger partial charge < -0.3 is 14.3 Å². The first kappa shape index (κ1) is 12.9. The smallest absolute Gasteiger partial charge is 0.154 e. The normalized spacial score (nSPS) is 14.5. The Morgan fingerprint density at radius 2 is 1.92 bits per heavy atom. The maximum absolute atomic E-state index is 9.35. The van der Waals surface area contributed by atoms with Crippen LogP contribution in [0.15, 0.2) is 0 Å². The van der Waals surface area contributed by atoms with E-state index in [1.807, 2.05) is 0 Å². The first-order chi connectivity index (χ1) is 5.95. The number of likely N-dealkylation sites (N-methyl/N-ethyl adjacent to an activating group) is 1. The summed E-state index contributed by atoms with van der Waals surface area (Å²) in [5, 5.41) is 9.35. The van der Waals surface area contributed by atoms with Gasteiger partial charge in [-0.25, -0.2) is 0 Å². The standard InChI is InChI=1S/C10H24NO2/c1-5-6-7-10(12)13-9-8-11(2,3)4/h10,12H,5-9H2,1-4H3/q+1. The lowest BCUT2D eigenvalue weighted by molar-refractivity contribution is -0.871. The van der Waals surface area contributed by atoms with E-state index in [1.54, 1.807) is 0 Å². The van der Waals surface area contributed by atoms with Gasteiger partial charge >= 0.3 is 0 Å². The van der Waals surface area contributed by atoms with Crippen molar-refractivity contribution in [3.05, 3.63) is 0 Å². The van der Waals surface area contributed by atoms with E-state index in [2.05, 4.69) is 28.1 Å². The lowest BCUT2D eigenvalue weighted by Crippen LogP contribution is -2.38. The van der Waals surface area contributed by atoms with Crippen molar-refractivity contribution in [3.8, 4) is 0 Å². The summed E-state index contributed by atoms with van der Waals surface area (Å²) >= 11 is 0. The van der Waals surface area contributed by atoms with Crippen LogP contribution in [0.3, 0.4) is 0 Å². The number of unbranched alkanes of at least 4 members (excludes halogenated alkanes) is 1. The van der Waals surface area contributed by atoms with Crippen molar-refractivity contribution in [2.75, 3.05) is 34.3 Å². The van der Waals surface area contributed by atoms with Crippen LogP contribution in [0.2, 0.25) is 0 Å². The third kappa shape index (κ3) is 9.80. The maximum Gasteiger partial charge on any atom is 0.154 e. The third-order valence-corrected chi connectivity index (χ3v) is 1.88. The second-order valence-corrected chi connectivity index (χ2v) is 4.48. The van der Waals surface area contributed by atoms with Gasteiger partial charge in [0.15, 0.2) is 6.29 Å². The minimum Gasteiger partial charge on any atom is -0.368 e. The molecule has 80 valence electrons. The molecule has 0 aromatic heterocycles. The zero-order chi connectivity index (χ0) is 10.3. The molecule has 3 heteroatoms. The van der Waals surface area contributed by atoms with E-state index < -0.39 is 6.29 Å². The predicted molar refractivity (Wildman–Crippen MR) is 54.4 cm³/mol. The molecule has 1 atom stereocenters. The molecule has 0 amide bonds. The van der Waals surface area contributed by atoms with Crippen LogP contribution in [0, 0.1) is 0 Å². The summed E-state index contributed by atoms with van der Waals surface area (Å²) in [7, 11) is 6.34. The van der Waals surface area contributed by atoms with Crippen molar-refractivity contribution in [2.45, 2.75) is 32.5 Å². The number of rotatable bonds is 7. The molecule has 0 aliphatic heterocycles. The lowest BCUT2D eigenvalue weighted by Gasteiger charge is -2.24. The summed E-state index contributed by atoms with van der Waals surface area (Å²) < 4.78 is 6.14. The Morgan fingerprint density at radius 3 is 2.38 bits per heavy atom. The van der Waals surface area contributed by atoms with E-state index in [9.17, 15) is 5.11 Å². The van der Waals surface area contributed by atoms with Gasteiger partial charge in [-0.15, -0.1) is 0 Å². The average molecular weight is 190 g/mol. The van der Waals surface area contributed by atoms with Crippen molar-refractivity contribution < 1.29 is 14.3 Å². The monoisotopic (exact) mass is 190 g/mol. The molecule has 1 N–H and O–H groups in total. The fraction of sp³-hybridized carbons (Fsp3) is 1.00. The van der Waals surface area contributed by atoms with Gasteiger partial charge in [-0.2, -0.15) is 0 Å². The summed E-state index contributed by atoms with van der Waals surface area (Å²) in [5.41, 5.74) is 0. The molecule has 3 nitrogen and oxygen atoms in total. The molecule has 0 aliphatic carbocycles. The van der Waals surface area contributed by atoms with Gasteiger partial charge in [0, 0.05) is 0 Å². The Labute approximate surface area is 81.9 Å². The summed E-state index contributed by atoms with van der Waals surface area (Å²) in [6.07, 6.45) is 2.33. The number of aliphatic hydroxyl groups is 1. The predicted octanol–water partition coefficient (Wildman–Crippen LogP) is 1.22. The summed E-state index contributed by atoms with van der Waals surface area (Å²) in [4.78, 5) is 0. The first-order valence-electron chi connectivity index (χ1n) is 5.06. The highest BCUT2D eigenvalue weighted by molar-refractivity contribution is 4.42. The van der Waals surface area contributed by atoms with Gasteiger partial charge in [0.05, 0.1) is 27.7 Å². The van der Waals surface area contributed by atoms with E-state index in [0.29, 0.717) is 6.61 Å². The molecule has 0 radical (unpaired) electrons. The lowest BCUT2D eigenvalue weighted by atomic mass is 10.2. The van der Waals surface area contributed by atoms with E-state index in [-0.39, 0.29) is 0 Å². The summed E-state index contributed by atoms with van der Waals surface area (Å²) in [5.74, 6) is 0. The molecular weight excluding hydrogens is 166 g/mol. The molecule has 0 bridgehead atoms. The van der Waals surface area contributed by atoms with Crippen LogP contribution in [0.25, 0.3) is 0 Å². The van der Waals surface area contributed by atoms with Gasteiger partial charge in [0.25, 0.3) is 0 Å². The minimum absolute atomic E-state index is 0.563. The quantitative estimate of drug-likeness (QED) is 0.483. The molecule has 0 aromatic rings. The fourth-order valence-corrected chi connectivity index (χ4v) is 0.925. The molecule has 13 heavy (non-hydrogen) atoms. The van der Waals surface area contributed by atoms with E-state index in [4.69, 9.17) is 4.74 Å². The van der Waals surface area contributed by atoms with Crippen LogP contribution in [0.4, 0.5) is 0 Å². The summed E-state index contributed by atoms with van der Waals surface area (Å²) in [6, 6.07) is 0. The largest absolute Gasteiger partial charge is 0.368 e. The van der Waals surface area contributed by atoms with E-state index >= 15 is 0 Å². The Balaban J connectivity index is 3.31. The average Bonchev–Trinajstić information content (AvgIpc) is 1.98. The van der Waals surface area contributed by atoms with Crippen molar-refractivity contribution in [2.24, 2.45) is 0 Å². The molecule has 1 unspecified atom stereocenters. The minimum atomic E-state index is -0.563. The molecule has 0 heterocycles. The number of aliphatic hydroxyl groups excluding tert-OH is 1. The highest BCUT2D eigenvalue weighted by Gasteiger charge is 2.08. The van der Waals surface area contributed by atoms with Crippen molar-refractivity contribution in [1.82, 2.24) is 0 Å². The van der Waals surface area contributed by atoms with Crippen LogP contribution >= 0.6 is 0 Å². The second-order valence-electron chi connectivity index (χ2n) is 4.48. The number of quaternary nitrogens is 1. The van der Waals surface area contributed by atoms with E-state index in [1.165, 1.54) is 0 Å². The summed E-state index contributed by atoms with van der Waals surface area (Å²) in [6.45, 7) is 3.68. The van der Waals surface area contributed by atoms with Crippen molar-refractivity contribution >= 4 is 0 Å². The molecule has 0 saturated carbocycles. The first-order valence-corrected chi connectivity index (χ1v) is 5.06. The molecule has 0 spiro atoms. The van der Waals surface area contributed by atoms with Crippen LogP contribution in [0.1, 0.15) is 26.2 Å². The molecule has 0 aromatic carbocycles. The number of hydrogen-bond donors (Lipinski definition) is 1. The van der Waals surface area contributed by atoms with Gasteiger partial charge in [-0.05, 0) is 12.8 Å². The van der Waals surface area contributed by atoms with Crippen LogP contribution < -0.4 is 0 Å². The molecule has 0 saturated heterocycles. The van der Waals surface area contributed by atoms with Crippen LogP contribution in [0.5, 0.6) is 0 Å². The highest BCUT2D eigenvalue weighted by Crippen LogP contribution is 2.02. The molecule has 0 fully saturated rings. The molecule has 0 rings (SSSR count). The van der Waals surface area contributed by atoms with Gasteiger partial charge in [-0.1, -0.05) is 13.3 Å². The van der Waals surface area contributed by atoms with Gasteiger partial charge in [0.2, 0.25) is 0 Å². The molecular formula is C10H24NO2+.